The second-order valence-electron chi connectivity index (χ2n) is 6.22. The van der Waals surface area contributed by atoms with Crippen molar-refractivity contribution in [3.63, 3.8) is 0 Å². The summed E-state index contributed by atoms with van der Waals surface area (Å²) in [5, 5.41) is 3.60. The van der Waals surface area contributed by atoms with Crippen molar-refractivity contribution < 1.29 is 14.2 Å². The molecule has 2 rings (SSSR count). The Hall–Kier alpha value is -1.42. The second-order valence-corrected chi connectivity index (χ2v) is 6.22. The topological polar surface area (TPSA) is 39.7 Å². The molecule has 1 unspecified atom stereocenters. The van der Waals surface area contributed by atoms with Gasteiger partial charge in [-0.3, -0.25) is 0 Å². The molecule has 4 heteroatoms. The molecule has 0 saturated carbocycles. The molecule has 1 heterocycles. The fraction of sp³-hybridized carbons (Fsp3) is 0.625. The average molecular weight is 279 g/mol. The summed E-state index contributed by atoms with van der Waals surface area (Å²) in [6.07, 6.45) is 0.936. The highest BCUT2D eigenvalue weighted by atomic mass is 16.5. The maximum atomic E-state index is 5.61. The first-order valence-electron chi connectivity index (χ1n) is 6.99. The molecule has 0 amide bonds. The number of hydrogen-bond donors (Lipinski definition) is 1. The minimum atomic E-state index is 0.125. The summed E-state index contributed by atoms with van der Waals surface area (Å²) < 4.78 is 16.6. The molecule has 1 N–H and O–H groups in total. The fourth-order valence-corrected chi connectivity index (χ4v) is 2.97. The van der Waals surface area contributed by atoms with Gasteiger partial charge in [0, 0.05) is 11.6 Å². The molecule has 0 fully saturated rings. The van der Waals surface area contributed by atoms with Crippen molar-refractivity contribution >= 4 is 0 Å². The van der Waals surface area contributed by atoms with E-state index in [4.69, 9.17) is 14.2 Å². The highest BCUT2D eigenvalue weighted by Gasteiger charge is 2.34. The van der Waals surface area contributed by atoms with Crippen molar-refractivity contribution in [3.05, 3.63) is 17.2 Å². The van der Waals surface area contributed by atoms with Crippen LogP contribution in [0.2, 0.25) is 0 Å². The Labute approximate surface area is 121 Å². The fourth-order valence-electron chi connectivity index (χ4n) is 2.97. The summed E-state index contributed by atoms with van der Waals surface area (Å²) in [6, 6.07) is 2.36. The van der Waals surface area contributed by atoms with Crippen LogP contribution in [-0.2, 0) is 6.42 Å². The highest BCUT2D eigenvalue weighted by molar-refractivity contribution is 5.60. The standard InChI is InChI=1S/C16H25NO3/c1-16(2,3)15-11-9-12(18-4)14(20-6)13(19-5)10(11)7-8-17-15/h9,15,17H,7-8H2,1-6H3. The molecule has 1 aromatic carbocycles. The summed E-state index contributed by atoms with van der Waals surface area (Å²) in [7, 11) is 4.99. The summed E-state index contributed by atoms with van der Waals surface area (Å²) in [6.45, 7) is 7.66. The minimum Gasteiger partial charge on any atom is -0.493 e. The number of nitrogens with one attached hydrogen (secondary N) is 1. The van der Waals surface area contributed by atoms with E-state index in [2.05, 4.69) is 32.2 Å². The lowest BCUT2D eigenvalue weighted by Gasteiger charge is -2.37. The molecular formula is C16H25NO3. The normalized spacial score (nSPS) is 18.4. The SMILES string of the molecule is COc1cc2c(c(OC)c1OC)CCNC2C(C)(C)C. The largest absolute Gasteiger partial charge is 0.493 e. The maximum absolute atomic E-state index is 5.61. The van der Waals surface area contributed by atoms with E-state index in [1.807, 2.05) is 0 Å². The van der Waals surface area contributed by atoms with Crippen LogP contribution >= 0.6 is 0 Å². The van der Waals surface area contributed by atoms with Crippen LogP contribution in [0.25, 0.3) is 0 Å². The van der Waals surface area contributed by atoms with Crippen LogP contribution < -0.4 is 19.5 Å². The van der Waals surface area contributed by atoms with Gasteiger partial charge in [-0.1, -0.05) is 20.8 Å². The first-order valence-corrected chi connectivity index (χ1v) is 6.99. The first-order chi connectivity index (χ1) is 9.43. The van der Waals surface area contributed by atoms with Crippen LogP contribution in [0, 0.1) is 5.41 Å². The molecule has 1 aliphatic rings. The molecule has 1 aromatic rings. The molecule has 4 nitrogen and oxygen atoms in total. The zero-order valence-electron chi connectivity index (χ0n) is 13.3. The summed E-state index contributed by atoms with van der Waals surface area (Å²) in [5.74, 6) is 2.21. The zero-order chi connectivity index (χ0) is 14.9. The molecule has 0 spiro atoms. The summed E-state index contributed by atoms with van der Waals surface area (Å²) in [5.41, 5.74) is 2.60. The lowest BCUT2D eigenvalue weighted by Crippen LogP contribution is -2.38. The Kier molecular flexibility index (Phi) is 4.14. The number of fused-ring (bicyclic) bond motifs is 1. The number of benzene rings is 1. The molecule has 112 valence electrons. The van der Waals surface area contributed by atoms with E-state index < -0.39 is 0 Å². The number of methoxy groups -OCH3 is 3. The van der Waals surface area contributed by atoms with E-state index in [9.17, 15) is 0 Å². The van der Waals surface area contributed by atoms with E-state index in [-0.39, 0.29) is 11.5 Å². The van der Waals surface area contributed by atoms with Gasteiger partial charge in [-0.25, -0.2) is 0 Å². The monoisotopic (exact) mass is 279 g/mol. The van der Waals surface area contributed by atoms with Crippen LogP contribution in [0.15, 0.2) is 6.07 Å². The molecule has 1 aliphatic heterocycles. The molecule has 20 heavy (non-hydrogen) atoms. The molecule has 0 aromatic heterocycles. The number of hydrogen-bond acceptors (Lipinski definition) is 4. The minimum absolute atomic E-state index is 0.125. The number of rotatable bonds is 3. The van der Waals surface area contributed by atoms with Crippen LogP contribution in [0.5, 0.6) is 17.2 Å². The van der Waals surface area contributed by atoms with Gasteiger partial charge in [-0.2, -0.15) is 0 Å². The van der Waals surface area contributed by atoms with Gasteiger partial charge in [-0.15, -0.1) is 0 Å². The van der Waals surface area contributed by atoms with E-state index in [1.165, 1.54) is 11.1 Å². The van der Waals surface area contributed by atoms with Crippen molar-refractivity contribution in [2.75, 3.05) is 27.9 Å². The van der Waals surface area contributed by atoms with E-state index in [0.717, 1.165) is 24.5 Å². The van der Waals surface area contributed by atoms with Gasteiger partial charge < -0.3 is 19.5 Å². The van der Waals surface area contributed by atoms with Gasteiger partial charge in [0.15, 0.2) is 11.5 Å². The van der Waals surface area contributed by atoms with Gasteiger partial charge in [0.25, 0.3) is 0 Å². The first kappa shape index (κ1) is 15.0. The van der Waals surface area contributed by atoms with Gasteiger partial charge in [0.2, 0.25) is 5.75 Å². The predicted molar refractivity (Wildman–Crippen MR) is 80.0 cm³/mol. The third-order valence-electron chi connectivity index (χ3n) is 3.87. The Balaban J connectivity index is 2.66. The molecule has 0 radical (unpaired) electrons. The van der Waals surface area contributed by atoms with Crippen LogP contribution in [0.3, 0.4) is 0 Å². The third-order valence-corrected chi connectivity index (χ3v) is 3.87. The Morgan fingerprint density at radius 3 is 2.20 bits per heavy atom. The van der Waals surface area contributed by atoms with Crippen LogP contribution in [0.4, 0.5) is 0 Å². The summed E-state index contributed by atoms with van der Waals surface area (Å²) >= 11 is 0. The molecular weight excluding hydrogens is 254 g/mol. The third kappa shape index (κ3) is 2.44. The van der Waals surface area contributed by atoms with Gasteiger partial charge in [-0.05, 0) is 30.0 Å². The maximum Gasteiger partial charge on any atom is 0.203 e. The Morgan fingerprint density at radius 2 is 1.70 bits per heavy atom. The average Bonchev–Trinajstić information content (AvgIpc) is 2.43. The van der Waals surface area contributed by atoms with Crippen LogP contribution in [-0.4, -0.2) is 27.9 Å². The van der Waals surface area contributed by atoms with E-state index >= 15 is 0 Å². The Morgan fingerprint density at radius 1 is 1.05 bits per heavy atom. The molecule has 1 atom stereocenters. The zero-order valence-corrected chi connectivity index (χ0v) is 13.3. The highest BCUT2D eigenvalue weighted by Crippen LogP contribution is 2.47. The smallest absolute Gasteiger partial charge is 0.203 e. The van der Waals surface area contributed by atoms with E-state index in [1.54, 1.807) is 21.3 Å². The van der Waals surface area contributed by atoms with Gasteiger partial charge >= 0.3 is 0 Å². The lowest BCUT2D eigenvalue weighted by atomic mass is 9.78. The van der Waals surface area contributed by atoms with Crippen molar-refractivity contribution in [2.45, 2.75) is 33.2 Å². The molecule has 0 bridgehead atoms. The Bertz CT molecular complexity index is 491. The molecule has 0 aliphatic carbocycles. The van der Waals surface area contributed by atoms with Crippen molar-refractivity contribution in [3.8, 4) is 17.2 Å². The quantitative estimate of drug-likeness (QED) is 0.923. The van der Waals surface area contributed by atoms with Crippen molar-refractivity contribution in [1.29, 1.82) is 0 Å². The van der Waals surface area contributed by atoms with Crippen molar-refractivity contribution in [2.24, 2.45) is 5.41 Å². The van der Waals surface area contributed by atoms with Gasteiger partial charge in [0.05, 0.1) is 21.3 Å². The van der Waals surface area contributed by atoms with E-state index in [0.29, 0.717) is 5.75 Å². The second kappa shape index (κ2) is 5.52. The van der Waals surface area contributed by atoms with Crippen LogP contribution in [0.1, 0.15) is 37.9 Å². The number of ether oxygens (including phenoxy) is 3. The molecule has 0 saturated heterocycles. The summed E-state index contributed by atoms with van der Waals surface area (Å²) in [4.78, 5) is 0. The van der Waals surface area contributed by atoms with Crippen molar-refractivity contribution in [1.82, 2.24) is 5.32 Å². The predicted octanol–water partition coefficient (Wildman–Crippen LogP) is 2.95. The van der Waals surface area contributed by atoms with Gasteiger partial charge in [0.1, 0.15) is 0 Å². The lowest BCUT2D eigenvalue weighted by molar-refractivity contribution is 0.257.